The first-order valence-corrected chi connectivity index (χ1v) is 3.34. The number of aliphatic hydroxyl groups excluding tert-OH is 2. The lowest BCUT2D eigenvalue weighted by Gasteiger charge is -2.25. The van der Waals surface area contributed by atoms with Crippen molar-refractivity contribution in [1.82, 2.24) is 5.06 Å². The molecule has 0 bridgehead atoms. The summed E-state index contributed by atoms with van der Waals surface area (Å²) in [5, 5.41) is 34.7. The third kappa shape index (κ3) is 2.13. The molecule has 0 fully saturated rings. The van der Waals surface area contributed by atoms with Crippen LogP contribution in [0.1, 0.15) is 6.92 Å². The van der Waals surface area contributed by atoms with Gasteiger partial charge >= 0.3 is 6.03 Å². The van der Waals surface area contributed by atoms with E-state index in [1.165, 1.54) is 6.92 Å². The van der Waals surface area contributed by atoms with Crippen LogP contribution in [0.3, 0.4) is 0 Å². The van der Waals surface area contributed by atoms with Gasteiger partial charge in [0.2, 0.25) is 6.73 Å². The van der Waals surface area contributed by atoms with Crippen molar-refractivity contribution in [3.8, 4) is 0 Å². The molecule has 1 unspecified atom stereocenters. The van der Waals surface area contributed by atoms with Crippen molar-refractivity contribution in [3.63, 3.8) is 0 Å². The fourth-order valence-corrected chi connectivity index (χ4v) is 0.571. The van der Waals surface area contributed by atoms with Crippen molar-refractivity contribution in [3.05, 3.63) is 0 Å². The van der Waals surface area contributed by atoms with E-state index < -0.39 is 24.1 Å². The molecule has 0 heterocycles. The summed E-state index contributed by atoms with van der Waals surface area (Å²) in [6.45, 7) is -0.447. The smallest absolute Gasteiger partial charge is 0.374 e. The lowest BCUT2D eigenvalue weighted by molar-refractivity contribution is -1.05. The van der Waals surface area contributed by atoms with E-state index in [1.807, 2.05) is 0 Å². The van der Waals surface area contributed by atoms with E-state index in [2.05, 4.69) is 0 Å². The molecule has 0 saturated carbocycles. The third-order valence-electron chi connectivity index (χ3n) is 1.47. The van der Waals surface area contributed by atoms with Crippen LogP contribution in [0.15, 0.2) is 0 Å². The Labute approximate surface area is 69.2 Å². The van der Waals surface area contributed by atoms with Crippen LogP contribution >= 0.6 is 0 Å². The topological polar surface area (TPSA) is 101 Å². The Morgan fingerprint density at radius 2 is 2.00 bits per heavy atom. The SMILES string of the molecule is CC[N+](O)(CO)C(=O)N(O)CO. The fourth-order valence-electron chi connectivity index (χ4n) is 0.571. The van der Waals surface area contributed by atoms with Crippen LogP contribution in [0.5, 0.6) is 0 Å². The molecule has 0 aromatic heterocycles. The summed E-state index contributed by atoms with van der Waals surface area (Å²) in [6, 6.07) is -1.18. The van der Waals surface area contributed by atoms with Crippen molar-refractivity contribution in [1.29, 1.82) is 0 Å². The maximum atomic E-state index is 10.9. The van der Waals surface area contributed by atoms with E-state index in [0.717, 1.165) is 0 Å². The number of nitrogens with zero attached hydrogens (tertiary/aromatic N) is 2. The van der Waals surface area contributed by atoms with Gasteiger partial charge in [0.15, 0.2) is 0 Å². The number of carbonyl (C=O) groups excluding carboxylic acids is 1. The molecule has 0 aliphatic rings. The maximum absolute atomic E-state index is 10.9. The Balaban J connectivity index is 4.41. The van der Waals surface area contributed by atoms with Gasteiger partial charge in [-0.25, -0.2) is 10.0 Å². The summed E-state index contributed by atoms with van der Waals surface area (Å²) >= 11 is 0. The Kier molecular flexibility index (Phi) is 4.07. The van der Waals surface area contributed by atoms with Crippen molar-refractivity contribution >= 4 is 6.03 Å². The average molecular weight is 181 g/mol. The molecule has 0 aliphatic heterocycles. The Hall–Kier alpha value is -0.730. The minimum atomic E-state index is -1.35. The van der Waals surface area contributed by atoms with Gasteiger partial charge in [0.25, 0.3) is 0 Å². The quantitative estimate of drug-likeness (QED) is 0.192. The average Bonchev–Trinajstić information content (AvgIpc) is 2.14. The van der Waals surface area contributed by atoms with Gasteiger partial charge in [0.05, 0.1) is 0 Å². The molecule has 4 N–H and O–H groups in total. The summed E-state index contributed by atoms with van der Waals surface area (Å²) in [6.07, 6.45) is 0. The van der Waals surface area contributed by atoms with Crippen LogP contribution in [-0.2, 0) is 0 Å². The third-order valence-corrected chi connectivity index (χ3v) is 1.47. The second-order valence-corrected chi connectivity index (χ2v) is 2.20. The standard InChI is InChI=1S/C5H13N2O5/c1-2-7(12,4-9)5(10)6(11)3-8/h8-9,11-12H,2-4H2,1H3/q+1. The van der Waals surface area contributed by atoms with Crippen LogP contribution in [0.2, 0.25) is 0 Å². The van der Waals surface area contributed by atoms with E-state index in [9.17, 15) is 10.0 Å². The number of quaternary nitrogens is 1. The number of carbonyl (C=O) groups is 1. The summed E-state index contributed by atoms with van der Waals surface area (Å²) in [7, 11) is 0. The molecule has 72 valence electrons. The number of hydrogen-bond acceptors (Lipinski definition) is 5. The summed E-state index contributed by atoms with van der Waals surface area (Å²) < 4.78 is -1.35. The van der Waals surface area contributed by atoms with Crippen molar-refractivity contribution < 1.29 is 30.1 Å². The predicted octanol–water partition coefficient (Wildman–Crippen LogP) is -1.08. The van der Waals surface area contributed by atoms with Gasteiger partial charge in [-0.15, -0.1) is 5.06 Å². The molecule has 0 rings (SSSR count). The normalized spacial score (nSPS) is 15.4. The Morgan fingerprint density at radius 3 is 2.25 bits per heavy atom. The molecule has 7 nitrogen and oxygen atoms in total. The number of aliphatic hydroxyl groups is 2. The highest BCUT2D eigenvalue weighted by atomic mass is 16.6. The Morgan fingerprint density at radius 1 is 1.50 bits per heavy atom. The molecule has 0 aromatic rings. The predicted molar refractivity (Wildman–Crippen MR) is 35.8 cm³/mol. The van der Waals surface area contributed by atoms with Crippen LogP contribution in [0, 0.1) is 0 Å². The number of hydrogen-bond donors (Lipinski definition) is 4. The van der Waals surface area contributed by atoms with E-state index in [4.69, 9.17) is 15.4 Å². The summed E-state index contributed by atoms with van der Waals surface area (Å²) in [5.41, 5.74) is 0. The summed E-state index contributed by atoms with van der Waals surface area (Å²) in [4.78, 5) is 10.9. The van der Waals surface area contributed by atoms with Gasteiger partial charge < -0.3 is 10.2 Å². The highest BCUT2D eigenvalue weighted by molar-refractivity contribution is 5.64. The molecular formula is C5H13N2O5+. The molecule has 12 heavy (non-hydrogen) atoms. The van der Waals surface area contributed by atoms with Crippen LogP contribution in [0.4, 0.5) is 4.79 Å². The number of hydroxylamine groups is 5. The molecule has 0 aromatic carbocycles. The fraction of sp³-hybridized carbons (Fsp3) is 0.800. The lowest BCUT2D eigenvalue weighted by Crippen LogP contribution is -2.56. The number of rotatable bonds is 3. The van der Waals surface area contributed by atoms with Gasteiger partial charge in [0, 0.05) is 0 Å². The van der Waals surface area contributed by atoms with Crippen molar-refractivity contribution in [2.45, 2.75) is 6.92 Å². The minimum absolute atomic E-state index is 0.0836. The zero-order chi connectivity index (χ0) is 9.78. The molecule has 0 radical (unpaired) electrons. The molecule has 0 spiro atoms. The van der Waals surface area contributed by atoms with Crippen molar-refractivity contribution in [2.75, 3.05) is 20.0 Å². The molecule has 0 saturated heterocycles. The maximum Gasteiger partial charge on any atom is 0.479 e. The highest BCUT2D eigenvalue weighted by Gasteiger charge is 2.37. The minimum Gasteiger partial charge on any atom is -0.374 e. The van der Waals surface area contributed by atoms with E-state index in [-0.39, 0.29) is 11.6 Å². The van der Waals surface area contributed by atoms with Gasteiger partial charge in [-0.1, -0.05) is 4.65 Å². The lowest BCUT2D eigenvalue weighted by atomic mass is 10.6. The van der Waals surface area contributed by atoms with E-state index in [0.29, 0.717) is 0 Å². The van der Waals surface area contributed by atoms with Crippen LogP contribution in [-0.4, -0.2) is 56.4 Å². The van der Waals surface area contributed by atoms with Gasteiger partial charge in [-0.05, 0) is 6.92 Å². The first kappa shape index (κ1) is 11.3. The zero-order valence-corrected chi connectivity index (χ0v) is 6.71. The monoisotopic (exact) mass is 181 g/mol. The number of urea groups is 1. The van der Waals surface area contributed by atoms with Gasteiger partial charge in [-0.3, -0.25) is 5.21 Å². The zero-order valence-electron chi connectivity index (χ0n) is 6.71. The summed E-state index contributed by atoms with van der Waals surface area (Å²) in [5.74, 6) is 0. The molecular weight excluding hydrogens is 168 g/mol. The molecule has 1 atom stereocenters. The van der Waals surface area contributed by atoms with Crippen LogP contribution < -0.4 is 0 Å². The highest BCUT2D eigenvalue weighted by Crippen LogP contribution is 2.04. The number of amides is 2. The van der Waals surface area contributed by atoms with E-state index in [1.54, 1.807) is 0 Å². The van der Waals surface area contributed by atoms with Gasteiger partial charge in [-0.2, -0.15) is 0 Å². The van der Waals surface area contributed by atoms with Crippen molar-refractivity contribution in [2.24, 2.45) is 0 Å². The molecule has 2 amide bonds. The molecule has 0 aliphatic carbocycles. The largest absolute Gasteiger partial charge is 0.479 e. The van der Waals surface area contributed by atoms with Crippen LogP contribution in [0.25, 0.3) is 0 Å². The first-order chi connectivity index (χ1) is 5.51. The Bertz CT molecular complexity index is 158. The first-order valence-electron chi connectivity index (χ1n) is 3.34. The van der Waals surface area contributed by atoms with Gasteiger partial charge in [0.1, 0.15) is 13.3 Å². The van der Waals surface area contributed by atoms with E-state index >= 15 is 0 Å². The molecule has 7 heteroatoms. The second-order valence-electron chi connectivity index (χ2n) is 2.20. The second kappa shape index (κ2) is 4.33.